The van der Waals surface area contributed by atoms with Crippen LogP contribution in [-0.4, -0.2) is 36.3 Å². The molecule has 0 heterocycles. The second kappa shape index (κ2) is 9.86. The molecule has 2 amide bonds. The lowest BCUT2D eigenvalue weighted by Gasteiger charge is -2.14. The van der Waals surface area contributed by atoms with Crippen molar-refractivity contribution >= 4 is 23.6 Å². The van der Waals surface area contributed by atoms with Crippen LogP contribution < -0.4 is 15.6 Å². The first-order valence-electron chi connectivity index (χ1n) is 8.45. The van der Waals surface area contributed by atoms with Gasteiger partial charge in [0.2, 0.25) is 0 Å². The van der Waals surface area contributed by atoms with Crippen LogP contribution in [0.15, 0.2) is 54.6 Å². The summed E-state index contributed by atoms with van der Waals surface area (Å²) in [5, 5.41) is 0. The number of Topliss-reactive ketones (excluding diaryl/α,β-unsaturated/α-hetero) is 1. The second-order valence-corrected chi connectivity index (χ2v) is 5.81. The lowest BCUT2D eigenvalue weighted by molar-refractivity contribution is -0.156. The van der Waals surface area contributed by atoms with Gasteiger partial charge in [0.1, 0.15) is 5.75 Å². The Balaban J connectivity index is 1.74. The van der Waals surface area contributed by atoms with E-state index in [4.69, 9.17) is 9.47 Å². The summed E-state index contributed by atoms with van der Waals surface area (Å²) in [6, 6.07) is 14.6. The summed E-state index contributed by atoms with van der Waals surface area (Å²) in [4.78, 5) is 46.8. The summed E-state index contributed by atoms with van der Waals surface area (Å²) in [5.41, 5.74) is 5.32. The number of carbonyl (C=O) groups is 4. The number of hydrogen-bond acceptors (Lipinski definition) is 6. The largest absolute Gasteiger partial charge is 0.482 e. The number of hydrazine groups is 1. The van der Waals surface area contributed by atoms with Gasteiger partial charge in [0.05, 0.1) is 0 Å². The molecule has 0 aromatic heterocycles. The topological polar surface area (TPSA) is 111 Å². The summed E-state index contributed by atoms with van der Waals surface area (Å²) in [6.07, 6.45) is -1.13. The van der Waals surface area contributed by atoms with E-state index in [0.29, 0.717) is 16.9 Å². The summed E-state index contributed by atoms with van der Waals surface area (Å²) in [7, 11) is 0. The fraction of sp³-hybridized carbons (Fsp3) is 0.200. The number of rotatable bonds is 7. The average molecular weight is 384 g/mol. The van der Waals surface area contributed by atoms with Crippen LogP contribution in [0.25, 0.3) is 0 Å². The van der Waals surface area contributed by atoms with E-state index in [9.17, 15) is 19.2 Å². The fourth-order valence-electron chi connectivity index (χ4n) is 2.09. The number of benzene rings is 2. The van der Waals surface area contributed by atoms with Gasteiger partial charge in [-0.05, 0) is 50.2 Å². The first-order chi connectivity index (χ1) is 13.4. The zero-order valence-corrected chi connectivity index (χ0v) is 15.4. The van der Waals surface area contributed by atoms with Gasteiger partial charge in [0.15, 0.2) is 18.5 Å². The lowest BCUT2D eigenvalue weighted by atomic mass is 10.1. The third kappa shape index (κ3) is 6.24. The van der Waals surface area contributed by atoms with Crippen LogP contribution in [0.1, 0.15) is 34.6 Å². The van der Waals surface area contributed by atoms with Crippen molar-refractivity contribution in [1.29, 1.82) is 0 Å². The van der Waals surface area contributed by atoms with Crippen molar-refractivity contribution in [2.45, 2.75) is 20.0 Å². The van der Waals surface area contributed by atoms with E-state index in [1.165, 1.54) is 13.8 Å². The van der Waals surface area contributed by atoms with Gasteiger partial charge < -0.3 is 9.47 Å². The van der Waals surface area contributed by atoms with Gasteiger partial charge in [-0.25, -0.2) is 4.79 Å². The van der Waals surface area contributed by atoms with Gasteiger partial charge >= 0.3 is 5.97 Å². The maximum absolute atomic E-state index is 11.9. The molecule has 2 aromatic rings. The fourth-order valence-corrected chi connectivity index (χ4v) is 2.09. The molecule has 0 aliphatic carbocycles. The van der Waals surface area contributed by atoms with Crippen molar-refractivity contribution in [3.8, 4) is 5.75 Å². The smallest absolute Gasteiger partial charge is 0.344 e. The average Bonchev–Trinajstić information content (AvgIpc) is 2.71. The first-order valence-corrected chi connectivity index (χ1v) is 8.45. The van der Waals surface area contributed by atoms with Crippen molar-refractivity contribution in [2.24, 2.45) is 0 Å². The predicted octanol–water partition coefficient (Wildman–Crippen LogP) is 1.66. The third-order valence-electron chi connectivity index (χ3n) is 3.63. The SMILES string of the molecule is CC(=O)c1ccc(OCC(=O)O[C@H](C)C(=O)NNC(=O)c2ccccc2)cc1. The number of hydrogen-bond donors (Lipinski definition) is 2. The quantitative estimate of drug-likeness (QED) is 0.427. The molecular weight excluding hydrogens is 364 g/mol. The van der Waals surface area contributed by atoms with Crippen molar-refractivity contribution in [3.05, 3.63) is 65.7 Å². The molecule has 0 aliphatic heterocycles. The lowest BCUT2D eigenvalue weighted by Crippen LogP contribution is -2.47. The van der Waals surface area contributed by atoms with Crippen molar-refractivity contribution < 1.29 is 28.7 Å². The number of esters is 1. The minimum Gasteiger partial charge on any atom is -0.482 e. The molecule has 2 N–H and O–H groups in total. The first kappa shape index (κ1) is 20.6. The van der Waals surface area contributed by atoms with E-state index in [2.05, 4.69) is 10.9 Å². The molecule has 2 aromatic carbocycles. The van der Waals surface area contributed by atoms with Gasteiger partial charge in [-0.15, -0.1) is 0 Å². The summed E-state index contributed by atoms with van der Waals surface area (Å²) in [6.45, 7) is 2.40. The van der Waals surface area contributed by atoms with E-state index in [-0.39, 0.29) is 5.78 Å². The number of nitrogens with one attached hydrogen (secondary N) is 2. The molecule has 28 heavy (non-hydrogen) atoms. The second-order valence-electron chi connectivity index (χ2n) is 5.81. The molecule has 0 saturated heterocycles. The normalized spacial score (nSPS) is 11.1. The third-order valence-corrected chi connectivity index (χ3v) is 3.63. The zero-order chi connectivity index (χ0) is 20.5. The minimum atomic E-state index is -1.13. The Hall–Kier alpha value is -3.68. The van der Waals surface area contributed by atoms with Crippen molar-refractivity contribution in [3.63, 3.8) is 0 Å². The Morgan fingerprint density at radius 1 is 0.893 bits per heavy atom. The molecule has 1 atom stereocenters. The highest BCUT2D eigenvalue weighted by atomic mass is 16.6. The van der Waals surface area contributed by atoms with E-state index in [1.807, 2.05) is 0 Å². The van der Waals surface area contributed by atoms with Gasteiger partial charge in [-0.1, -0.05) is 18.2 Å². The standard InChI is InChI=1S/C20H20N2O6/c1-13(23)15-8-10-17(11-9-15)27-12-18(24)28-14(2)19(25)21-22-20(26)16-6-4-3-5-7-16/h3-11,14H,12H2,1-2H3,(H,21,25)(H,22,26)/t14-/m1/s1. The van der Waals surface area contributed by atoms with Gasteiger partial charge in [0.25, 0.3) is 11.8 Å². The Kier molecular flexibility index (Phi) is 7.27. The number of amides is 2. The summed E-state index contributed by atoms with van der Waals surface area (Å²) < 4.78 is 10.2. The van der Waals surface area contributed by atoms with Crippen LogP contribution in [0, 0.1) is 0 Å². The minimum absolute atomic E-state index is 0.0786. The molecular formula is C20H20N2O6. The molecule has 2 rings (SSSR count). The van der Waals surface area contributed by atoms with Crippen LogP contribution >= 0.6 is 0 Å². The molecule has 0 unspecified atom stereocenters. The van der Waals surface area contributed by atoms with Crippen molar-refractivity contribution in [2.75, 3.05) is 6.61 Å². The molecule has 146 valence electrons. The number of ether oxygens (including phenoxy) is 2. The van der Waals surface area contributed by atoms with Crippen LogP contribution in [0.3, 0.4) is 0 Å². The Labute approximate surface area is 161 Å². The van der Waals surface area contributed by atoms with E-state index < -0.39 is 30.5 Å². The molecule has 0 saturated carbocycles. The van der Waals surface area contributed by atoms with Crippen LogP contribution in [0.2, 0.25) is 0 Å². The predicted molar refractivity (Wildman–Crippen MR) is 99.5 cm³/mol. The highest BCUT2D eigenvalue weighted by Crippen LogP contribution is 2.12. The maximum atomic E-state index is 11.9. The molecule has 0 fully saturated rings. The maximum Gasteiger partial charge on any atom is 0.344 e. The molecule has 0 radical (unpaired) electrons. The highest BCUT2D eigenvalue weighted by molar-refractivity contribution is 5.96. The number of ketones is 1. The van der Waals surface area contributed by atoms with Gasteiger partial charge in [0, 0.05) is 11.1 Å². The number of carbonyl (C=O) groups excluding carboxylic acids is 4. The van der Waals surface area contributed by atoms with E-state index in [1.54, 1.807) is 54.6 Å². The van der Waals surface area contributed by atoms with Gasteiger partial charge in [-0.2, -0.15) is 0 Å². The van der Waals surface area contributed by atoms with Crippen LogP contribution in [0.4, 0.5) is 0 Å². The van der Waals surface area contributed by atoms with Gasteiger partial charge in [-0.3, -0.25) is 25.2 Å². The molecule has 0 bridgehead atoms. The molecule has 8 heteroatoms. The summed E-state index contributed by atoms with van der Waals surface area (Å²) >= 11 is 0. The molecule has 8 nitrogen and oxygen atoms in total. The Morgan fingerprint density at radius 3 is 2.14 bits per heavy atom. The van der Waals surface area contributed by atoms with Crippen molar-refractivity contribution in [1.82, 2.24) is 10.9 Å². The summed E-state index contributed by atoms with van der Waals surface area (Å²) in [5.74, 6) is -1.64. The monoisotopic (exact) mass is 384 g/mol. The van der Waals surface area contributed by atoms with Crippen LogP contribution in [-0.2, 0) is 14.3 Å². The molecule has 0 aliphatic rings. The van der Waals surface area contributed by atoms with Crippen LogP contribution in [0.5, 0.6) is 5.75 Å². The Bertz CT molecular complexity index is 849. The highest BCUT2D eigenvalue weighted by Gasteiger charge is 2.19. The van der Waals surface area contributed by atoms with E-state index >= 15 is 0 Å². The zero-order valence-electron chi connectivity index (χ0n) is 15.4. The Morgan fingerprint density at radius 2 is 1.54 bits per heavy atom. The molecule has 0 spiro atoms. The van der Waals surface area contributed by atoms with E-state index in [0.717, 1.165) is 0 Å².